The molecule has 0 saturated carbocycles. The standard InChI is InChI=1S/C21H25F3N4O3.HI/c1-2-25-20(26-14-16-5-3-6-17(13-16)31-15-21(22,23)24)28-10-8-27(9-11-28)19(29)18-7-4-12-30-18;/h3-7,12-13H,2,8-11,14-15H2,1H3,(H,25,26);1H. The fraction of sp³-hybridized carbons (Fsp3) is 0.429. The number of amides is 1. The Balaban J connectivity index is 0.00000363. The van der Waals surface area contributed by atoms with Gasteiger partial charge in [-0.25, -0.2) is 4.99 Å². The number of nitrogens with zero attached hydrogens (tertiary/aromatic N) is 3. The summed E-state index contributed by atoms with van der Waals surface area (Å²) in [6.07, 6.45) is -2.91. The number of nitrogens with one attached hydrogen (secondary N) is 1. The van der Waals surface area contributed by atoms with Gasteiger partial charge in [-0.15, -0.1) is 24.0 Å². The number of piperazine rings is 1. The number of aliphatic imine (C=N–C) groups is 1. The molecule has 0 aliphatic carbocycles. The molecule has 0 spiro atoms. The quantitative estimate of drug-likeness (QED) is 0.328. The molecule has 1 N–H and O–H groups in total. The molecule has 0 atom stereocenters. The van der Waals surface area contributed by atoms with Crippen molar-refractivity contribution in [3.63, 3.8) is 0 Å². The van der Waals surface area contributed by atoms with Crippen LogP contribution < -0.4 is 10.1 Å². The minimum Gasteiger partial charge on any atom is -0.484 e. The molecule has 0 bridgehead atoms. The van der Waals surface area contributed by atoms with E-state index in [-0.39, 0.29) is 42.2 Å². The molecule has 0 unspecified atom stereocenters. The first-order valence-corrected chi connectivity index (χ1v) is 10.0. The summed E-state index contributed by atoms with van der Waals surface area (Å²) in [6.45, 7) is 3.85. The first-order valence-electron chi connectivity index (χ1n) is 10.0. The Kier molecular flexibility index (Phi) is 9.66. The lowest BCUT2D eigenvalue weighted by Gasteiger charge is -2.36. The first kappa shape index (κ1) is 25.8. The number of benzene rings is 1. The largest absolute Gasteiger partial charge is 0.484 e. The smallest absolute Gasteiger partial charge is 0.422 e. The van der Waals surface area contributed by atoms with Crippen LogP contribution in [0, 0.1) is 0 Å². The van der Waals surface area contributed by atoms with Gasteiger partial charge < -0.3 is 24.3 Å². The highest BCUT2D eigenvalue weighted by atomic mass is 127. The van der Waals surface area contributed by atoms with Gasteiger partial charge in [-0.1, -0.05) is 12.1 Å². The van der Waals surface area contributed by atoms with Crippen molar-refractivity contribution in [1.82, 2.24) is 15.1 Å². The van der Waals surface area contributed by atoms with Crippen molar-refractivity contribution in [3.8, 4) is 5.75 Å². The van der Waals surface area contributed by atoms with E-state index in [1.165, 1.54) is 12.3 Å². The molecule has 32 heavy (non-hydrogen) atoms. The van der Waals surface area contributed by atoms with Gasteiger partial charge in [0, 0.05) is 32.7 Å². The van der Waals surface area contributed by atoms with Crippen LogP contribution in [0.1, 0.15) is 23.0 Å². The van der Waals surface area contributed by atoms with E-state index >= 15 is 0 Å². The number of guanidine groups is 1. The predicted octanol–water partition coefficient (Wildman–Crippen LogP) is 3.76. The van der Waals surface area contributed by atoms with E-state index in [4.69, 9.17) is 9.15 Å². The number of alkyl halides is 3. The highest BCUT2D eigenvalue weighted by Crippen LogP contribution is 2.20. The summed E-state index contributed by atoms with van der Waals surface area (Å²) in [6, 6.07) is 9.80. The molecule has 1 aromatic carbocycles. The van der Waals surface area contributed by atoms with Crippen LogP contribution in [0.2, 0.25) is 0 Å². The second-order valence-electron chi connectivity index (χ2n) is 6.98. The Morgan fingerprint density at radius 1 is 1.16 bits per heavy atom. The molecular formula is C21H26F3IN4O3. The van der Waals surface area contributed by atoms with Gasteiger partial charge >= 0.3 is 6.18 Å². The number of carbonyl (C=O) groups is 1. The van der Waals surface area contributed by atoms with E-state index in [0.29, 0.717) is 44.4 Å². The van der Waals surface area contributed by atoms with Crippen LogP contribution in [0.4, 0.5) is 13.2 Å². The van der Waals surface area contributed by atoms with Crippen LogP contribution in [-0.2, 0) is 6.54 Å². The minimum atomic E-state index is -4.38. The topological polar surface area (TPSA) is 70.3 Å². The Bertz CT molecular complexity index is 883. The van der Waals surface area contributed by atoms with E-state index in [1.54, 1.807) is 35.2 Å². The van der Waals surface area contributed by atoms with Crippen molar-refractivity contribution in [1.29, 1.82) is 0 Å². The predicted molar refractivity (Wildman–Crippen MR) is 124 cm³/mol. The molecule has 176 valence electrons. The molecule has 11 heteroatoms. The summed E-state index contributed by atoms with van der Waals surface area (Å²) in [5, 5.41) is 3.23. The Morgan fingerprint density at radius 2 is 1.88 bits per heavy atom. The fourth-order valence-electron chi connectivity index (χ4n) is 3.17. The van der Waals surface area contributed by atoms with Crippen molar-refractivity contribution in [2.24, 2.45) is 4.99 Å². The van der Waals surface area contributed by atoms with Gasteiger partial charge in [-0.2, -0.15) is 13.2 Å². The summed E-state index contributed by atoms with van der Waals surface area (Å²) < 4.78 is 47.0. The lowest BCUT2D eigenvalue weighted by Crippen LogP contribution is -2.53. The third-order valence-corrected chi connectivity index (χ3v) is 4.65. The molecule has 1 amide bonds. The van der Waals surface area contributed by atoms with Crippen LogP contribution >= 0.6 is 24.0 Å². The van der Waals surface area contributed by atoms with E-state index in [9.17, 15) is 18.0 Å². The van der Waals surface area contributed by atoms with E-state index < -0.39 is 12.8 Å². The molecule has 7 nitrogen and oxygen atoms in total. The Morgan fingerprint density at radius 3 is 2.50 bits per heavy atom. The van der Waals surface area contributed by atoms with Crippen molar-refractivity contribution in [2.75, 3.05) is 39.3 Å². The lowest BCUT2D eigenvalue weighted by molar-refractivity contribution is -0.153. The van der Waals surface area contributed by atoms with Gasteiger partial charge in [-0.3, -0.25) is 4.79 Å². The normalized spacial score (nSPS) is 14.7. The summed E-state index contributed by atoms with van der Waals surface area (Å²) in [7, 11) is 0. The van der Waals surface area contributed by atoms with E-state index in [2.05, 4.69) is 15.2 Å². The summed E-state index contributed by atoms with van der Waals surface area (Å²) in [5.41, 5.74) is 0.738. The Hall–Kier alpha value is -2.44. The highest BCUT2D eigenvalue weighted by molar-refractivity contribution is 14.0. The van der Waals surface area contributed by atoms with E-state index in [0.717, 1.165) is 5.56 Å². The monoisotopic (exact) mass is 566 g/mol. The zero-order valence-corrected chi connectivity index (χ0v) is 19.9. The van der Waals surface area contributed by atoms with Crippen LogP contribution in [0.25, 0.3) is 0 Å². The van der Waals surface area contributed by atoms with E-state index in [1.807, 2.05) is 6.92 Å². The second-order valence-corrected chi connectivity index (χ2v) is 6.98. The molecule has 3 rings (SSSR count). The van der Waals surface area contributed by atoms with Crippen molar-refractivity contribution in [3.05, 3.63) is 54.0 Å². The number of carbonyl (C=O) groups excluding carboxylic acids is 1. The summed E-state index contributed by atoms with van der Waals surface area (Å²) >= 11 is 0. The maximum atomic E-state index is 12.4. The SMILES string of the molecule is CCNC(=NCc1cccc(OCC(F)(F)F)c1)N1CCN(C(=O)c2ccco2)CC1.I. The average Bonchev–Trinajstić information content (AvgIpc) is 3.30. The van der Waals surface area contributed by atoms with Crippen LogP contribution in [0.3, 0.4) is 0 Å². The highest BCUT2D eigenvalue weighted by Gasteiger charge is 2.28. The molecule has 1 aliphatic heterocycles. The van der Waals surface area contributed by atoms with Gasteiger partial charge in [0.05, 0.1) is 12.8 Å². The average molecular weight is 566 g/mol. The number of hydrogen-bond acceptors (Lipinski definition) is 4. The Labute approximate surface area is 201 Å². The molecule has 2 heterocycles. The van der Waals surface area contributed by atoms with Gasteiger partial charge in [0.2, 0.25) is 0 Å². The molecular weight excluding hydrogens is 540 g/mol. The second kappa shape index (κ2) is 12.0. The van der Waals surface area contributed by atoms with Crippen molar-refractivity contribution >= 4 is 35.8 Å². The molecule has 1 aromatic heterocycles. The van der Waals surface area contributed by atoms with Crippen molar-refractivity contribution < 1.29 is 27.1 Å². The third kappa shape index (κ3) is 7.61. The maximum Gasteiger partial charge on any atom is 0.422 e. The number of ether oxygens (including phenoxy) is 1. The first-order chi connectivity index (χ1) is 14.9. The molecule has 1 saturated heterocycles. The zero-order valence-electron chi connectivity index (χ0n) is 17.6. The number of furan rings is 1. The van der Waals surface area contributed by atoms with Gasteiger partial charge in [-0.05, 0) is 36.8 Å². The minimum absolute atomic E-state index is 0. The molecule has 1 aliphatic rings. The number of halogens is 4. The van der Waals surface area contributed by atoms with Gasteiger partial charge in [0.25, 0.3) is 5.91 Å². The van der Waals surface area contributed by atoms with Crippen LogP contribution in [-0.4, -0.2) is 67.2 Å². The molecule has 0 radical (unpaired) electrons. The summed E-state index contributed by atoms with van der Waals surface area (Å²) in [5.74, 6) is 1.03. The number of rotatable bonds is 6. The van der Waals surface area contributed by atoms with Gasteiger partial charge in [0.15, 0.2) is 18.3 Å². The molecule has 2 aromatic rings. The van der Waals surface area contributed by atoms with Crippen LogP contribution in [0.5, 0.6) is 5.75 Å². The van der Waals surface area contributed by atoms with Crippen LogP contribution in [0.15, 0.2) is 52.1 Å². The maximum absolute atomic E-state index is 12.4. The zero-order chi connectivity index (χ0) is 22.3. The fourth-order valence-corrected chi connectivity index (χ4v) is 3.17. The lowest BCUT2D eigenvalue weighted by atomic mass is 10.2. The molecule has 1 fully saturated rings. The van der Waals surface area contributed by atoms with Gasteiger partial charge in [0.1, 0.15) is 5.75 Å². The summed E-state index contributed by atoms with van der Waals surface area (Å²) in [4.78, 5) is 20.8. The number of hydrogen-bond donors (Lipinski definition) is 1. The third-order valence-electron chi connectivity index (χ3n) is 4.65. The van der Waals surface area contributed by atoms with Crippen molar-refractivity contribution in [2.45, 2.75) is 19.6 Å².